The molecular formula is C22H28N2O5S. The summed E-state index contributed by atoms with van der Waals surface area (Å²) in [5, 5.41) is 3.00. The number of para-hydroxylation sites is 2. The molecule has 2 aromatic carbocycles. The van der Waals surface area contributed by atoms with Gasteiger partial charge in [-0.1, -0.05) is 29.8 Å². The van der Waals surface area contributed by atoms with Crippen LogP contribution in [0.3, 0.4) is 0 Å². The summed E-state index contributed by atoms with van der Waals surface area (Å²) in [5.41, 5.74) is 1.81. The minimum atomic E-state index is -3.71. The first kappa shape index (κ1) is 22.0. The van der Waals surface area contributed by atoms with Crippen LogP contribution in [-0.4, -0.2) is 39.8 Å². The fraction of sp³-hybridized carbons (Fsp3) is 0.409. The summed E-state index contributed by atoms with van der Waals surface area (Å²) in [5.74, 6) is 0.706. The van der Waals surface area contributed by atoms with Gasteiger partial charge in [0.05, 0.1) is 25.1 Å². The third kappa shape index (κ3) is 4.87. The number of nitrogens with zero attached hydrogens (tertiary/aromatic N) is 1. The van der Waals surface area contributed by atoms with E-state index in [2.05, 4.69) is 5.32 Å². The number of anilines is 1. The lowest BCUT2D eigenvalue weighted by atomic mass is 9.89. The van der Waals surface area contributed by atoms with Crippen molar-refractivity contribution in [2.45, 2.75) is 38.8 Å². The Kier molecular flexibility index (Phi) is 5.99. The van der Waals surface area contributed by atoms with Crippen LogP contribution in [0, 0.1) is 6.92 Å². The largest absolute Gasteiger partial charge is 0.495 e. The second kappa shape index (κ2) is 8.18. The highest BCUT2D eigenvalue weighted by Crippen LogP contribution is 2.40. The van der Waals surface area contributed by atoms with Gasteiger partial charge >= 0.3 is 0 Å². The second-order valence-electron chi connectivity index (χ2n) is 8.17. The number of hydrogen-bond donors (Lipinski definition) is 1. The quantitative estimate of drug-likeness (QED) is 0.758. The molecule has 0 radical (unpaired) electrons. The molecule has 1 atom stereocenters. The van der Waals surface area contributed by atoms with Gasteiger partial charge in [-0.05, 0) is 39.0 Å². The maximum absolute atomic E-state index is 12.9. The highest BCUT2D eigenvalue weighted by Gasteiger charge is 2.35. The number of aryl methyl sites for hydroxylation is 1. The number of sulfonamides is 1. The maximum atomic E-state index is 12.9. The molecule has 0 saturated heterocycles. The van der Waals surface area contributed by atoms with Gasteiger partial charge in [0.15, 0.2) is 0 Å². The van der Waals surface area contributed by atoms with Gasteiger partial charge in [-0.25, -0.2) is 8.42 Å². The number of methoxy groups -OCH3 is 1. The molecule has 1 heterocycles. The number of nitrogens with one attached hydrogen (secondary N) is 1. The van der Waals surface area contributed by atoms with Crippen LogP contribution in [-0.2, 0) is 14.8 Å². The third-order valence-electron chi connectivity index (χ3n) is 5.00. The average Bonchev–Trinajstić information content (AvgIpc) is 2.65. The van der Waals surface area contributed by atoms with Gasteiger partial charge in [-0.3, -0.25) is 9.10 Å². The zero-order valence-electron chi connectivity index (χ0n) is 17.9. The normalized spacial score (nSPS) is 17.4. The van der Waals surface area contributed by atoms with Crippen molar-refractivity contribution in [3.8, 4) is 11.5 Å². The summed E-state index contributed by atoms with van der Waals surface area (Å²) in [6.07, 6.45) is 1.64. The van der Waals surface area contributed by atoms with Crippen LogP contribution in [0.4, 0.5) is 5.69 Å². The summed E-state index contributed by atoms with van der Waals surface area (Å²) < 4.78 is 37.3. The molecule has 0 aliphatic carbocycles. The maximum Gasteiger partial charge on any atom is 0.241 e. The molecule has 1 aliphatic heterocycles. The molecular weight excluding hydrogens is 404 g/mol. The van der Waals surface area contributed by atoms with Gasteiger partial charge in [0.1, 0.15) is 23.6 Å². The number of fused-ring (bicyclic) bond motifs is 1. The molecule has 1 amide bonds. The van der Waals surface area contributed by atoms with E-state index in [0.29, 0.717) is 17.9 Å². The second-order valence-corrected chi connectivity index (χ2v) is 10.1. The van der Waals surface area contributed by atoms with Crippen LogP contribution in [0.5, 0.6) is 11.5 Å². The van der Waals surface area contributed by atoms with Crippen molar-refractivity contribution in [2.75, 3.05) is 24.2 Å². The average molecular weight is 433 g/mol. The van der Waals surface area contributed by atoms with Gasteiger partial charge < -0.3 is 14.8 Å². The number of benzene rings is 2. The molecule has 30 heavy (non-hydrogen) atoms. The highest BCUT2D eigenvalue weighted by atomic mass is 32.2. The number of amides is 1. The molecule has 0 saturated carbocycles. The van der Waals surface area contributed by atoms with Gasteiger partial charge in [0.25, 0.3) is 0 Å². The minimum absolute atomic E-state index is 0.282. The SMILES string of the molecule is COc1ccccc1N(CC(=O)N[C@H]1CC(C)(C)Oc2ccc(C)cc21)S(C)(=O)=O. The van der Waals surface area contributed by atoms with E-state index in [1.54, 1.807) is 24.3 Å². The lowest BCUT2D eigenvalue weighted by Gasteiger charge is -2.38. The molecule has 8 heteroatoms. The van der Waals surface area contributed by atoms with Crippen LogP contribution in [0.15, 0.2) is 42.5 Å². The molecule has 0 unspecified atom stereocenters. The predicted octanol–water partition coefficient (Wildman–Crippen LogP) is 3.19. The Hall–Kier alpha value is -2.74. The van der Waals surface area contributed by atoms with E-state index in [1.165, 1.54) is 7.11 Å². The van der Waals surface area contributed by atoms with Crippen LogP contribution < -0.4 is 19.1 Å². The van der Waals surface area contributed by atoms with Crippen molar-refractivity contribution in [1.82, 2.24) is 5.32 Å². The Bertz CT molecular complexity index is 1050. The van der Waals surface area contributed by atoms with E-state index in [-0.39, 0.29) is 12.6 Å². The first-order valence-corrected chi connectivity index (χ1v) is 11.5. The Labute approximate surface area is 178 Å². The van der Waals surface area contributed by atoms with Crippen LogP contribution in [0.25, 0.3) is 0 Å². The number of hydrogen-bond acceptors (Lipinski definition) is 5. The molecule has 0 aromatic heterocycles. The van der Waals surface area contributed by atoms with Crippen molar-refractivity contribution in [3.05, 3.63) is 53.6 Å². The van der Waals surface area contributed by atoms with Crippen molar-refractivity contribution >= 4 is 21.6 Å². The third-order valence-corrected chi connectivity index (χ3v) is 6.13. The Morgan fingerprint density at radius 2 is 1.97 bits per heavy atom. The van der Waals surface area contributed by atoms with Crippen molar-refractivity contribution in [2.24, 2.45) is 0 Å². The molecule has 1 aliphatic rings. The van der Waals surface area contributed by atoms with E-state index in [0.717, 1.165) is 27.4 Å². The zero-order chi connectivity index (χ0) is 22.1. The highest BCUT2D eigenvalue weighted by molar-refractivity contribution is 7.92. The summed E-state index contributed by atoms with van der Waals surface area (Å²) in [4.78, 5) is 12.9. The van der Waals surface area contributed by atoms with Crippen molar-refractivity contribution in [3.63, 3.8) is 0 Å². The first-order chi connectivity index (χ1) is 14.0. The number of ether oxygens (including phenoxy) is 2. The van der Waals surface area contributed by atoms with Crippen molar-refractivity contribution < 1.29 is 22.7 Å². The number of rotatable bonds is 6. The standard InChI is InChI=1S/C22H28N2O5S/c1-15-10-11-19-16(12-15)17(13-22(2,3)29-19)23-21(25)14-24(30(5,26)27)18-8-6-7-9-20(18)28-4/h6-12,17H,13-14H2,1-5H3,(H,23,25)/t17-/m0/s1. The lowest BCUT2D eigenvalue weighted by Crippen LogP contribution is -2.45. The number of carbonyl (C=O) groups is 1. The van der Waals surface area contributed by atoms with E-state index in [1.807, 2.05) is 39.0 Å². The fourth-order valence-corrected chi connectivity index (χ4v) is 4.55. The van der Waals surface area contributed by atoms with Crippen molar-refractivity contribution in [1.29, 1.82) is 0 Å². The minimum Gasteiger partial charge on any atom is -0.495 e. The summed E-state index contributed by atoms with van der Waals surface area (Å²) in [7, 11) is -2.25. The summed E-state index contributed by atoms with van der Waals surface area (Å²) in [6, 6.07) is 12.3. The fourth-order valence-electron chi connectivity index (χ4n) is 3.69. The van der Waals surface area contributed by atoms with E-state index < -0.39 is 21.5 Å². The first-order valence-electron chi connectivity index (χ1n) is 9.70. The zero-order valence-corrected chi connectivity index (χ0v) is 18.7. The van der Waals surface area contributed by atoms with Gasteiger partial charge in [-0.15, -0.1) is 0 Å². The van der Waals surface area contributed by atoms with Crippen LogP contribution in [0.1, 0.15) is 37.4 Å². The topological polar surface area (TPSA) is 84.9 Å². The lowest BCUT2D eigenvalue weighted by molar-refractivity contribution is -0.120. The smallest absolute Gasteiger partial charge is 0.241 e. The van der Waals surface area contributed by atoms with Crippen LogP contribution in [0.2, 0.25) is 0 Å². The van der Waals surface area contributed by atoms with E-state index in [4.69, 9.17) is 9.47 Å². The Balaban J connectivity index is 1.87. The summed E-state index contributed by atoms with van der Waals surface area (Å²) >= 11 is 0. The number of carbonyl (C=O) groups excluding carboxylic acids is 1. The Morgan fingerprint density at radius 3 is 2.63 bits per heavy atom. The monoisotopic (exact) mass is 432 g/mol. The van der Waals surface area contributed by atoms with Gasteiger partial charge in [-0.2, -0.15) is 0 Å². The molecule has 7 nitrogen and oxygen atoms in total. The molecule has 2 aromatic rings. The van der Waals surface area contributed by atoms with Gasteiger partial charge in [0, 0.05) is 12.0 Å². The summed E-state index contributed by atoms with van der Waals surface area (Å²) in [6.45, 7) is 5.56. The Morgan fingerprint density at radius 1 is 1.27 bits per heavy atom. The van der Waals surface area contributed by atoms with E-state index in [9.17, 15) is 13.2 Å². The molecule has 162 valence electrons. The molecule has 0 spiro atoms. The molecule has 1 N–H and O–H groups in total. The molecule has 3 rings (SSSR count). The van der Waals surface area contributed by atoms with E-state index >= 15 is 0 Å². The van der Waals surface area contributed by atoms with Crippen LogP contribution >= 0.6 is 0 Å². The molecule has 0 fully saturated rings. The predicted molar refractivity (Wildman–Crippen MR) is 117 cm³/mol. The molecule has 0 bridgehead atoms. The van der Waals surface area contributed by atoms with Gasteiger partial charge in [0.2, 0.25) is 15.9 Å².